The van der Waals surface area contributed by atoms with Crippen molar-refractivity contribution in [1.82, 2.24) is 9.55 Å². The second-order valence-corrected chi connectivity index (χ2v) is 4.04. The number of aromatic nitrogens is 2. The molecule has 0 radical (unpaired) electrons. The molecule has 0 spiro atoms. The SMILES string of the molecule is COc1cccc(Cl)c1CNc1nccn1C. The van der Waals surface area contributed by atoms with Crippen LogP contribution in [0.25, 0.3) is 0 Å². The molecule has 0 fully saturated rings. The molecule has 0 saturated heterocycles. The maximum absolute atomic E-state index is 6.14. The molecule has 5 heteroatoms. The number of nitrogens with one attached hydrogen (secondary N) is 1. The van der Waals surface area contributed by atoms with Crippen molar-refractivity contribution < 1.29 is 4.74 Å². The topological polar surface area (TPSA) is 39.1 Å². The summed E-state index contributed by atoms with van der Waals surface area (Å²) in [6.45, 7) is 0.577. The summed E-state index contributed by atoms with van der Waals surface area (Å²) in [6, 6.07) is 5.60. The maximum atomic E-state index is 6.14. The molecule has 1 aromatic heterocycles. The molecule has 0 aliphatic rings. The molecule has 1 N–H and O–H groups in total. The lowest BCUT2D eigenvalue weighted by Gasteiger charge is -2.11. The Morgan fingerprint density at radius 2 is 2.29 bits per heavy atom. The van der Waals surface area contributed by atoms with E-state index in [9.17, 15) is 0 Å². The van der Waals surface area contributed by atoms with Gasteiger partial charge in [-0.25, -0.2) is 4.98 Å². The first-order valence-corrected chi connectivity index (χ1v) is 5.62. The lowest BCUT2D eigenvalue weighted by Crippen LogP contribution is -2.06. The molecule has 0 saturated carbocycles. The number of halogens is 1. The first-order chi connectivity index (χ1) is 8.22. The minimum atomic E-state index is 0.577. The van der Waals surface area contributed by atoms with Crippen molar-refractivity contribution in [3.63, 3.8) is 0 Å². The smallest absolute Gasteiger partial charge is 0.202 e. The fourth-order valence-corrected chi connectivity index (χ4v) is 1.84. The molecular formula is C12H14ClN3O. The Bertz CT molecular complexity index is 510. The van der Waals surface area contributed by atoms with Crippen LogP contribution >= 0.6 is 11.6 Å². The monoisotopic (exact) mass is 251 g/mol. The molecule has 90 valence electrons. The third kappa shape index (κ3) is 2.53. The normalized spacial score (nSPS) is 10.3. The Labute approximate surface area is 105 Å². The first-order valence-electron chi connectivity index (χ1n) is 5.25. The third-order valence-corrected chi connectivity index (χ3v) is 2.89. The maximum Gasteiger partial charge on any atom is 0.202 e. The van der Waals surface area contributed by atoms with Crippen LogP contribution in [0.15, 0.2) is 30.6 Å². The number of rotatable bonds is 4. The number of ether oxygens (including phenoxy) is 1. The van der Waals surface area contributed by atoms with E-state index in [-0.39, 0.29) is 0 Å². The van der Waals surface area contributed by atoms with Crippen molar-refractivity contribution in [2.75, 3.05) is 12.4 Å². The molecule has 1 aromatic carbocycles. The number of aryl methyl sites for hydroxylation is 1. The molecule has 0 amide bonds. The lowest BCUT2D eigenvalue weighted by molar-refractivity contribution is 0.410. The molecule has 1 heterocycles. The molecule has 2 aromatic rings. The van der Waals surface area contributed by atoms with Gasteiger partial charge in [0, 0.05) is 36.6 Å². The van der Waals surface area contributed by atoms with Crippen molar-refractivity contribution in [3.05, 3.63) is 41.2 Å². The standard InChI is InChI=1S/C12H14ClN3O/c1-16-7-6-14-12(16)15-8-9-10(13)4-3-5-11(9)17-2/h3-7H,8H2,1-2H3,(H,14,15). The number of anilines is 1. The number of hydrogen-bond acceptors (Lipinski definition) is 3. The molecule has 4 nitrogen and oxygen atoms in total. The fourth-order valence-electron chi connectivity index (χ4n) is 1.61. The highest BCUT2D eigenvalue weighted by atomic mass is 35.5. The quantitative estimate of drug-likeness (QED) is 0.908. The summed E-state index contributed by atoms with van der Waals surface area (Å²) < 4.78 is 7.18. The predicted octanol–water partition coefficient (Wildman–Crippen LogP) is 2.69. The van der Waals surface area contributed by atoms with Crippen molar-refractivity contribution in [2.45, 2.75) is 6.54 Å². The zero-order valence-corrected chi connectivity index (χ0v) is 10.5. The van der Waals surface area contributed by atoms with Gasteiger partial charge in [-0.2, -0.15) is 0 Å². The van der Waals surface area contributed by atoms with E-state index in [1.54, 1.807) is 13.3 Å². The molecular weight excluding hydrogens is 238 g/mol. The van der Waals surface area contributed by atoms with E-state index < -0.39 is 0 Å². The Morgan fingerprint density at radius 1 is 1.47 bits per heavy atom. The summed E-state index contributed by atoms with van der Waals surface area (Å²) >= 11 is 6.14. The van der Waals surface area contributed by atoms with Gasteiger partial charge in [-0.3, -0.25) is 0 Å². The van der Waals surface area contributed by atoms with Crippen LogP contribution in [-0.2, 0) is 13.6 Å². The van der Waals surface area contributed by atoms with E-state index in [1.807, 2.05) is 36.0 Å². The minimum Gasteiger partial charge on any atom is -0.496 e. The average Bonchev–Trinajstić information content (AvgIpc) is 2.73. The third-order valence-electron chi connectivity index (χ3n) is 2.54. The number of imidazole rings is 1. The molecule has 2 rings (SSSR count). The highest BCUT2D eigenvalue weighted by Crippen LogP contribution is 2.26. The van der Waals surface area contributed by atoms with Gasteiger partial charge < -0.3 is 14.6 Å². The van der Waals surface area contributed by atoms with Crippen molar-refractivity contribution in [1.29, 1.82) is 0 Å². The van der Waals surface area contributed by atoms with Gasteiger partial charge >= 0.3 is 0 Å². The minimum absolute atomic E-state index is 0.577. The summed E-state index contributed by atoms with van der Waals surface area (Å²) in [5, 5.41) is 3.90. The summed E-state index contributed by atoms with van der Waals surface area (Å²) in [7, 11) is 3.56. The average molecular weight is 252 g/mol. The van der Waals surface area contributed by atoms with Crippen molar-refractivity contribution in [2.24, 2.45) is 7.05 Å². The van der Waals surface area contributed by atoms with Crippen LogP contribution < -0.4 is 10.1 Å². The van der Waals surface area contributed by atoms with E-state index in [4.69, 9.17) is 16.3 Å². The van der Waals surface area contributed by atoms with Crippen molar-refractivity contribution >= 4 is 17.5 Å². The summed E-state index contributed by atoms with van der Waals surface area (Å²) in [5.41, 5.74) is 0.930. The van der Waals surface area contributed by atoms with Gasteiger partial charge in [-0.15, -0.1) is 0 Å². The van der Waals surface area contributed by atoms with E-state index in [0.29, 0.717) is 11.6 Å². The molecule has 0 bridgehead atoms. The Morgan fingerprint density at radius 3 is 2.94 bits per heavy atom. The van der Waals surface area contributed by atoms with Gasteiger partial charge in [-0.1, -0.05) is 17.7 Å². The molecule has 0 unspecified atom stereocenters. The van der Waals surface area contributed by atoms with Crippen LogP contribution in [0.4, 0.5) is 5.95 Å². The summed E-state index contributed by atoms with van der Waals surface area (Å²) in [6.07, 6.45) is 3.62. The van der Waals surface area contributed by atoms with Gasteiger partial charge in [0.15, 0.2) is 0 Å². The van der Waals surface area contributed by atoms with Crippen LogP contribution in [0, 0.1) is 0 Å². The Balaban J connectivity index is 2.16. The van der Waals surface area contributed by atoms with Crippen molar-refractivity contribution in [3.8, 4) is 5.75 Å². The second kappa shape index (κ2) is 5.10. The highest BCUT2D eigenvalue weighted by Gasteiger charge is 2.08. The number of nitrogens with zero attached hydrogens (tertiary/aromatic N) is 2. The van der Waals surface area contributed by atoms with E-state index >= 15 is 0 Å². The second-order valence-electron chi connectivity index (χ2n) is 3.64. The molecule has 0 atom stereocenters. The van der Waals surface area contributed by atoms with Crippen LogP contribution in [0.5, 0.6) is 5.75 Å². The van der Waals surface area contributed by atoms with Gasteiger partial charge in [0.25, 0.3) is 0 Å². The van der Waals surface area contributed by atoms with Gasteiger partial charge in [-0.05, 0) is 12.1 Å². The van der Waals surface area contributed by atoms with Crippen LogP contribution in [-0.4, -0.2) is 16.7 Å². The Hall–Kier alpha value is -1.68. The van der Waals surface area contributed by atoms with E-state index in [1.165, 1.54) is 0 Å². The number of benzene rings is 1. The Kier molecular flexibility index (Phi) is 3.54. The molecule has 0 aliphatic carbocycles. The molecule has 17 heavy (non-hydrogen) atoms. The summed E-state index contributed by atoms with van der Waals surface area (Å²) in [4.78, 5) is 4.18. The predicted molar refractivity (Wildman–Crippen MR) is 68.5 cm³/mol. The fraction of sp³-hybridized carbons (Fsp3) is 0.250. The lowest BCUT2D eigenvalue weighted by atomic mass is 10.2. The van der Waals surface area contributed by atoms with Crippen LogP contribution in [0.2, 0.25) is 5.02 Å². The highest BCUT2D eigenvalue weighted by molar-refractivity contribution is 6.31. The number of hydrogen-bond donors (Lipinski definition) is 1. The van der Waals surface area contributed by atoms with Crippen LogP contribution in [0.1, 0.15) is 5.56 Å². The first kappa shape index (κ1) is 11.8. The van der Waals surface area contributed by atoms with E-state index in [2.05, 4.69) is 10.3 Å². The van der Waals surface area contributed by atoms with Gasteiger partial charge in [0.2, 0.25) is 5.95 Å². The zero-order valence-electron chi connectivity index (χ0n) is 9.77. The zero-order chi connectivity index (χ0) is 12.3. The largest absolute Gasteiger partial charge is 0.496 e. The summed E-state index contributed by atoms with van der Waals surface area (Å²) in [5.74, 6) is 1.58. The number of methoxy groups -OCH3 is 1. The van der Waals surface area contributed by atoms with Gasteiger partial charge in [0.05, 0.1) is 7.11 Å². The van der Waals surface area contributed by atoms with Gasteiger partial charge in [0.1, 0.15) is 5.75 Å². The van der Waals surface area contributed by atoms with Crippen LogP contribution in [0.3, 0.4) is 0 Å². The molecule has 0 aliphatic heterocycles. The van der Waals surface area contributed by atoms with E-state index in [0.717, 1.165) is 17.3 Å².